The molecule has 112 valence electrons. The van der Waals surface area contributed by atoms with Crippen LogP contribution < -0.4 is 10.1 Å². The summed E-state index contributed by atoms with van der Waals surface area (Å²) in [4.78, 5) is 20.2. The van der Waals surface area contributed by atoms with Gasteiger partial charge in [0.15, 0.2) is 0 Å². The van der Waals surface area contributed by atoms with E-state index in [0.717, 1.165) is 19.3 Å². The molecule has 2 aromatic rings. The minimum atomic E-state index is 0.0482. The van der Waals surface area contributed by atoms with Crippen LogP contribution in [0, 0.1) is 5.92 Å². The van der Waals surface area contributed by atoms with Gasteiger partial charge in [-0.15, -0.1) is 0 Å². The number of carbonyl (C=O) groups is 1. The van der Waals surface area contributed by atoms with Gasteiger partial charge in [-0.3, -0.25) is 4.79 Å². The van der Waals surface area contributed by atoms with Crippen molar-refractivity contribution in [2.24, 2.45) is 5.92 Å². The lowest BCUT2D eigenvalue weighted by Crippen LogP contribution is -2.23. The normalized spacial score (nSPS) is 17.0. The van der Waals surface area contributed by atoms with E-state index in [1.165, 1.54) is 0 Å². The molecule has 1 amide bonds. The van der Waals surface area contributed by atoms with Gasteiger partial charge in [0.1, 0.15) is 5.75 Å². The lowest BCUT2D eigenvalue weighted by atomic mass is 9.93. The fourth-order valence-corrected chi connectivity index (χ4v) is 2.36. The summed E-state index contributed by atoms with van der Waals surface area (Å²) in [7, 11) is 0. The zero-order valence-corrected chi connectivity index (χ0v) is 12.1. The van der Waals surface area contributed by atoms with Gasteiger partial charge >= 0.3 is 6.01 Å². The van der Waals surface area contributed by atoms with E-state index in [-0.39, 0.29) is 17.8 Å². The van der Waals surface area contributed by atoms with Crippen LogP contribution in [0.3, 0.4) is 0 Å². The Labute approximate surface area is 129 Å². The molecule has 1 aromatic carbocycles. The van der Waals surface area contributed by atoms with E-state index in [9.17, 15) is 4.79 Å². The molecule has 1 N–H and O–H groups in total. The number of rotatable bonds is 4. The van der Waals surface area contributed by atoms with Crippen LogP contribution in [0.15, 0.2) is 54.9 Å². The Balaban J connectivity index is 1.66. The molecular formula is C17H17N3O2. The molecule has 0 bridgehead atoms. The molecule has 0 saturated carbocycles. The number of allylic oxidation sites excluding steroid dienone is 2. The second-order valence-corrected chi connectivity index (χ2v) is 5.13. The van der Waals surface area contributed by atoms with E-state index in [2.05, 4.69) is 27.4 Å². The van der Waals surface area contributed by atoms with Crippen LogP contribution in [0.1, 0.15) is 19.3 Å². The van der Waals surface area contributed by atoms with Crippen molar-refractivity contribution in [3.8, 4) is 11.8 Å². The van der Waals surface area contributed by atoms with Gasteiger partial charge in [-0.2, -0.15) is 0 Å². The van der Waals surface area contributed by atoms with E-state index < -0.39 is 0 Å². The molecule has 0 fully saturated rings. The maximum Gasteiger partial charge on any atom is 0.321 e. The van der Waals surface area contributed by atoms with Crippen LogP contribution in [0.2, 0.25) is 0 Å². The highest BCUT2D eigenvalue weighted by atomic mass is 16.5. The molecule has 1 aliphatic rings. The van der Waals surface area contributed by atoms with Crippen molar-refractivity contribution in [2.45, 2.75) is 19.3 Å². The number of nitrogens with one attached hydrogen (secondary N) is 1. The van der Waals surface area contributed by atoms with Gasteiger partial charge < -0.3 is 10.1 Å². The molecule has 1 aromatic heterocycles. The van der Waals surface area contributed by atoms with Crippen molar-refractivity contribution in [1.29, 1.82) is 0 Å². The SMILES string of the molecule is O=C(Nc1cccc(Oc2ncccn2)c1)[C@H]1CC=CCC1. The zero-order chi connectivity index (χ0) is 15.2. The Morgan fingerprint density at radius 3 is 2.82 bits per heavy atom. The molecule has 0 unspecified atom stereocenters. The number of nitrogens with zero attached hydrogens (tertiary/aromatic N) is 2. The predicted molar refractivity (Wildman–Crippen MR) is 83.7 cm³/mol. The van der Waals surface area contributed by atoms with Crippen LogP contribution in [0.5, 0.6) is 11.8 Å². The average Bonchev–Trinajstić information content (AvgIpc) is 2.57. The number of aromatic nitrogens is 2. The van der Waals surface area contributed by atoms with Gasteiger partial charge in [-0.1, -0.05) is 18.2 Å². The van der Waals surface area contributed by atoms with E-state index in [4.69, 9.17) is 4.74 Å². The summed E-state index contributed by atoms with van der Waals surface area (Å²) in [6, 6.07) is 9.25. The Morgan fingerprint density at radius 2 is 2.05 bits per heavy atom. The molecule has 0 spiro atoms. The second kappa shape index (κ2) is 6.85. The smallest absolute Gasteiger partial charge is 0.321 e. The predicted octanol–water partition coefficient (Wildman–Crippen LogP) is 3.56. The molecule has 0 radical (unpaired) electrons. The number of carbonyl (C=O) groups excluding carboxylic acids is 1. The lowest BCUT2D eigenvalue weighted by Gasteiger charge is -2.17. The third-order valence-corrected chi connectivity index (χ3v) is 3.49. The number of anilines is 1. The van der Waals surface area contributed by atoms with Crippen LogP contribution in [0.25, 0.3) is 0 Å². The van der Waals surface area contributed by atoms with Crippen molar-refractivity contribution in [3.05, 3.63) is 54.9 Å². The first-order valence-corrected chi connectivity index (χ1v) is 7.32. The summed E-state index contributed by atoms with van der Waals surface area (Å²) in [5.74, 6) is 0.692. The molecule has 5 nitrogen and oxygen atoms in total. The Bertz CT molecular complexity index is 671. The Hall–Kier alpha value is -2.69. The minimum absolute atomic E-state index is 0.0482. The number of amides is 1. The Morgan fingerprint density at radius 1 is 1.18 bits per heavy atom. The largest absolute Gasteiger partial charge is 0.424 e. The highest BCUT2D eigenvalue weighted by molar-refractivity contribution is 5.92. The van der Waals surface area contributed by atoms with Crippen molar-refractivity contribution < 1.29 is 9.53 Å². The molecule has 1 aliphatic carbocycles. The van der Waals surface area contributed by atoms with Gasteiger partial charge in [-0.05, 0) is 37.5 Å². The maximum atomic E-state index is 12.2. The number of hydrogen-bond acceptors (Lipinski definition) is 4. The standard InChI is InChI=1S/C17H17N3O2/c21-16(13-6-2-1-3-7-13)20-14-8-4-9-15(12-14)22-17-18-10-5-11-19-17/h1-2,4-5,8-13H,3,6-7H2,(H,20,21)/t13-/m0/s1. The second-order valence-electron chi connectivity index (χ2n) is 5.13. The summed E-state index contributed by atoms with van der Waals surface area (Å²) in [5, 5.41) is 2.94. The van der Waals surface area contributed by atoms with Crippen LogP contribution in [0.4, 0.5) is 5.69 Å². The molecular weight excluding hydrogens is 278 g/mol. The lowest BCUT2D eigenvalue weighted by molar-refractivity contribution is -0.120. The fourth-order valence-electron chi connectivity index (χ4n) is 2.36. The van der Waals surface area contributed by atoms with E-state index in [0.29, 0.717) is 11.4 Å². The maximum absolute atomic E-state index is 12.2. The third kappa shape index (κ3) is 3.69. The van der Waals surface area contributed by atoms with Crippen molar-refractivity contribution in [2.75, 3.05) is 5.32 Å². The van der Waals surface area contributed by atoms with Crippen molar-refractivity contribution in [3.63, 3.8) is 0 Å². The first-order valence-electron chi connectivity index (χ1n) is 7.32. The van der Waals surface area contributed by atoms with Gasteiger partial charge in [0.05, 0.1) is 0 Å². The number of ether oxygens (including phenoxy) is 1. The summed E-state index contributed by atoms with van der Waals surface area (Å²) >= 11 is 0. The zero-order valence-electron chi connectivity index (χ0n) is 12.1. The fraction of sp³-hybridized carbons (Fsp3) is 0.235. The monoisotopic (exact) mass is 295 g/mol. The molecule has 3 rings (SSSR count). The van der Waals surface area contributed by atoms with Crippen LogP contribution in [-0.4, -0.2) is 15.9 Å². The van der Waals surface area contributed by atoms with E-state index >= 15 is 0 Å². The van der Waals surface area contributed by atoms with E-state index in [1.54, 1.807) is 30.6 Å². The third-order valence-electron chi connectivity index (χ3n) is 3.49. The Kier molecular flexibility index (Phi) is 4.44. The first kappa shape index (κ1) is 14.3. The minimum Gasteiger partial charge on any atom is -0.424 e. The number of hydrogen-bond donors (Lipinski definition) is 1. The molecule has 1 heterocycles. The average molecular weight is 295 g/mol. The van der Waals surface area contributed by atoms with Gasteiger partial charge in [0.25, 0.3) is 0 Å². The summed E-state index contributed by atoms with van der Waals surface area (Å²) in [5.41, 5.74) is 0.716. The highest BCUT2D eigenvalue weighted by Crippen LogP contribution is 2.24. The summed E-state index contributed by atoms with van der Waals surface area (Å²) < 4.78 is 5.56. The highest BCUT2D eigenvalue weighted by Gasteiger charge is 2.18. The quantitative estimate of drug-likeness (QED) is 0.876. The molecule has 22 heavy (non-hydrogen) atoms. The summed E-state index contributed by atoms with van der Waals surface area (Å²) in [6.07, 6.45) is 10.1. The van der Waals surface area contributed by atoms with Crippen LogP contribution in [-0.2, 0) is 4.79 Å². The van der Waals surface area contributed by atoms with Gasteiger partial charge in [0.2, 0.25) is 5.91 Å². The van der Waals surface area contributed by atoms with Crippen molar-refractivity contribution >= 4 is 11.6 Å². The molecule has 0 saturated heterocycles. The van der Waals surface area contributed by atoms with Crippen LogP contribution >= 0.6 is 0 Å². The van der Waals surface area contributed by atoms with E-state index in [1.807, 2.05) is 12.1 Å². The van der Waals surface area contributed by atoms with Gasteiger partial charge in [0, 0.05) is 30.1 Å². The van der Waals surface area contributed by atoms with Gasteiger partial charge in [-0.25, -0.2) is 9.97 Å². The molecule has 1 atom stereocenters. The number of benzene rings is 1. The molecule has 5 heteroatoms. The molecule has 0 aliphatic heterocycles. The topological polar surface area (TPSA) is 64.1 Å². The van der Waals surface area contributed by atoms with Crippen molar-refractivity contribution in [1.82, 2.24) is 9.97 Å². The summed E-state index contributed by atoms with van der Waals surface area (Å²) in [6.45, 7) is 0. The first-order chi connectivity index (χ1) is 10.8.